The Kier molecular flexibility index (Phi) is 7.07. The molecule has 0 bridgehead atoms. The van der Waals surface area contributed by atoms with Crippen molar-refractivity contribution in [2.45, 2.75) is 51.2 Å². The van der Waals surface area contributed by atoms with Crippen LogP contribution >= 0.6 is 0 Å². The summed E-state index contributed by atoms with van der Waals surface area (Å²) in [6.45, 7) is 5.87. The molecule has 1 N–H and O–H groups in total. The van der Waals surface area contributed by atoms with Crippen molar-refractivity contribution < 1.29 is 23.9 Å². The molecule has 0 aromatic heterocycles. The summed E-state index contributed by atoms with van der Waals surface area (Å²) in [6, 6.07) is -0.490. The van der Waals surface area contributed by atoms with Crippen LogP contribution in [0.3, 0.4) is 0 Å². The SMILES string of the molecule is CCOC(=O)C1CCCN(C(=O)CC2NCCN(CC3CCCO3)C2=O)C1. The number of hydrogen-bond donors (Lipinski definition) is 1. The van der Waals surface area contributed by atoms with Gasteiger partial charge >= 0.3 is 5.97 Å². The number of amides is 2. The second kappa shape index (κ2) is 9.50. The standard InChI is InChI=1S/C19H31N3O5/c1-2-26-19(25)14-5-3-8-21(12-14)17(23)11-16-18(24)22(9-7-20-16)13-15-6-4-10-27-15/h14-16,20H,2-13H2,1H3. The molecule has 0 aromatic rings. The maximum Gasteiger partial charge on any atom is 0.310 e. The third-order valence-corrected chi connectivity index (χ3v) is 5.60. The fourth-order valence-corrected chi connectivity index (χ4v) is 4.13. The molecule has 0 radical (unpaired) electrons. The van der Waals surface area contributed by atoms with E-state index in [1.165, 1.54) is 0 Å². The molecule has 27 heavy (non-hydrogen) atoms. The largest absolute Gasteiger partial charge is 0.466 e. The molecule has 3 heterocycles. The highest BCUT2D eigenvalue weighted by Crippen LogP contribution is 2.20. The van der Waals surface area contributed by atoms with Crippen LogP contribution in [0.4, 0.5) is 0 Å². The summed E-state index contributed by atoms with van der Waals surface area (Å²) in [6.07, 6.45) is 3.82. The van der Waals surface area contributed by atoms with Crippen LogP contribution in [-0.4, -0.2) is 85.7 Å². The van der Waals surface area contributed by atoms with E-state index in [1.807, 2.05) is 4.90 Å². The molecule has 0 saturated carbocycles. The molecule has 152 valence electrons. The number of nitrogens with one attached hydrogen (secondary N) is 1. The number of esters is 1. The van der Waals surface area contributed by atoms with Gasteiger partial charge in [-0.1, -0.05) is 0 Å². The second-order valence-electron chi connectivity index (χ2n) is 7.56. The Balaban J connectivity index is 1.51. The van der Waals surface area contributed by atoms with Gasteiger partial charge in [-0.3, -0.25) is 14.4 Å². The van der Waals surface area contributed by atoms with Crippen LogP contribution in [0.15, 0.2) is 0 Å². The number of carbonyl (C=O) groups excluding carboxylic acids is 3. The first kappa shape index (κ1) is 20.1. The minimum Gasteiger partial charge on any atom is -0.466 e. The number of piperazine rings is 1. The minimum atomic E-state index is -0.490. The molecule has 3 aliphatic heterocycles. The van der Waals surface area contributed by atoms with Crippen molar-refractivity contribution >= 4 is 17.8 Å². The van der Waals surface area contributed by atoms with E-state index in [0.29, 0.717) is 39.3 Å². The van der Waals surface area contributed by atoms with E-state index in [4.69, 9.17) is 9.47 Å². The van der Waals surface area contributed by atoms with Gasteiger partial charge < -0.3 is 24.6 Å². The van der Waals surface area contributed by atoms with Gasteiger partial charge in [0.15, 0.2) is 0 Å². The fraction of sp³-hybridized carbons (Fsp3) is 0.842. The quantitative estimate of drug-likeness (QED) is 0.660. The topological polar surface area (TPSA) is 88.2 Å². The highest BCUT2D eigenvalue weighted by atomic mass is 16.5. The van der Waals surface area contributed by atoms with Gasteiger partial charge in [0.25, 0.3) is 0 Å². The van der Waals surface area contributed by atoms with Gasteiger partial charge in [0.1, 0.15) is 0 Å². The van der Waals surface area contributed by atoms with Crippen LogP contribution in [0.5, 0.6) is 0 Å². The van der Waals surface area contributed by atoms with Crippen molar-refractivity contribution in [1.82, 2.24) is 15.1 Å². The molecule has 0 spiro atoms. The predicted octanol–water partition coefficient (Wildman–Crippen LogP) is 0.158. The number of nitrogens with zero attached hydrogens (tertiary/aromatic N) is 2. The van der Waals surface area contributed by atoms with Gasteiger partial charge in [0.2, 0.25) is 11.8 Å². The predicted molar refractivity (Wildman–Crippen MR) is 97.9 cm³/mol. The lowest BCUT2D eigenvalue weighted by atomic mass is 9.97. The minimum absolute atomic E-state index is 0.0240. The second-order valence-corrected chi connectivity index (χ2v) is 7.56. The van der Waals surface area contributed by atoms with Crippen LogP contribution in [0.1, 0.15) is 39.0 Å². The fourth-order valence-electron chi connectivity index (χ4n) is 4.13. The maximum atomic E-state index is 12.8. The van der Waals surface area contributed by atoms with Crippen molar-refractivity contribution in [1.29, 1.82) is 0 Å². The van der Waals surface area contributed by atoms with E-state index in [0.717, 1.165) is 32.3 Å². The van der Waals surface area contributed by atoms with Crippen LogP contribution in [-0.2, 0) is 23.9 Å². The van der Waals surface area contributed by atoms with Gasteiger partial charge in [0, 0.05) is 39.3 Å². The third-order valence-electron chi connectivity index (χ3n) is 5.60. The molecule has 0 aromatic carbocycles. The lowest BCUT2D eigenvalue weighted by Gasteiger charge is -2.36. The average Bonchev–Trinajstić information content (AvgIpc) is 3.18. The summed E-state index contributed by atoms with van der Waals surface area (Å²) in [5.41, 5.74) is 0. The smallest absolute Gasteiger partial charge is 0.310 e. The first-order valence-electron chi connectivity index (χ1n) is 10.2. The molecule has 3 unspecified atom stereocenters. The number of rotatable bonds is 6. The van der Waals surface area contributed by atoms with Gasteiger partial charge in [-0.05, 0) is 32.6 Å². The monoisotopic (exact) mass is 381 g/mol. The van der Waals surface area contributed by atoms with Crippen molar-refractivity contribution in [2.24, 2.45) is 5.92 Å². The molecule has 8 nitrogen and oxygen atoms in total. The van der Waals surface area contributed by atoms with Crippen LogP contribution < -0.4 is 5.32 Å². The Labute approximate surface area is 160 Å². The summed E-state index contributed by atoms with van der Waals surface area (Å²) < 4.78 is 10.7. The zero-order valence-corrected chi connectivity index (χ0v) is 16.2. The highest BCUT2D eigenvalue weighted by Gasteiger charge is 2.35. The summed E-state index contributed by atoms with van der Waals surface area (Å²) in [4.78, 5) is 41.0. The van der Waals surface area contributed by atoms with E-state index in [9.17, 15) is 14.4 Å². The van der Waals surface area contributed by atoms with E-state index < -0.39 is 6.04 Å². The van der Waals surface area contributed by atoms with Crippen LogP contribution in [0.25, 0.3) is 0 Å². The molecule has 0 aliphatic carbocycles. The molecule has 3 saturated heterocycles. The van der Waals surface area contributed by atoms with Crippen LogP contribution in [0.2, 0.25) is 0 Å². The zero-order valence-electron chi connectivity index (χ0n) is 16.2. The van der Waals surface area contributed by atoms with E-state index in [-0.39, 0.29) is 36.2 Å². The molecular weight excluding hydrogens is 350 g/mol. The summed E-state index contributed by atoms with van der Waals surface area (Å²) in [5, 5.41) is 3.18. The normalized spacial score (nSPS) is 29.1. The van der Waals surface area contributed by atoms with Gasteiger partial charge in [-0.15, -0.1) is 0 Å². The zero-order chi connectivity index (χ0) is 19.2. The third kappa shape index (κ3) is 5.19. The van der Waals surface area contributed by atoms with E-state index in [2.05, 4.69) is 5.32 Å². The lowest BCUT2D eigenvalue weighted by molar-refractivity contribution is -0.152. The Morgan fingerprint density at radius 3 is 2.85 bits per heavy atom. The summed E-state index contributed by atoms with van der Waals surface area (Å²) in [7, 11) is 0. The van der Waals surface area contributed by atoms with Gasteiger partial charge in [-0.2, -0.15) is 0 Å². The Hall–Kier alpha value is -1.67. The number of piperidine rings is 1. The van der Waals surface area contributed by atoms with Crippen molar-refractivity contribution in [3.8, 4) is 0 Å². The molecular formula is C19H31N3O5. The van der Waals surface area contributed by atoms with E-state index >= 15 is 0 Å². The number of hydrogen-bond acceptors (Lipinski definition) is 6. The Morgan fingerprint density at radius 1 is 1.26 bits per heavy atom. The van der Waals surface area contributed by atoms with Gasteiger partial charge in [-0.25, -0.2) is 0 Å². The Morgan fingerprint density at radius 2 is 2.11 bits per heavy atom. The van der Waals surface area contributed by atoms with Crippen molar-refractivity contribution in [3.05, 3.63) is 0 Å². The molecule has 3 aliphatic rings. The number of carbonyl (C=O) groups is 3. The first-order valence-corrected chi connectivity index (χ1v) is 10.2. The summed E-state index contributed by atoms with van der Waals surface area (Å²) in [5.74, 6) is -0.587. The van der Waals surface area contributed by atoms with Gasteiger partial charge in [0.05, 0.1) is 31.1 Å². The van der Waals surface area contributed by atoms with Crippen LogP contribution in [0, 0.1) is 5.92 Å². The lowest BCUT2D eigenvalue weighted by Crippen LogP contribution is -2.58. The number of likely N-dealkylation sites (tertiary alicyclic amines) is 1. The number of ether oxygens (including phenoxy) is 2. The van der Waals surface area contributed by atoms with E-state index in [1.54, 1.807) is 11.8 Å². The molecule has 8 heteroatoms. The molecule has 3 fully saturated rings. The summed E-state index contributed by atoms with van der Waals surface area (Å²) >= 11 is 0. The molecule has 3 rings (SSSR count). The highest BCUT2D eigenvalue weighted by molar-refractivity contribution is 5.89. The first-order chi connectivity index (χ1) is 13.1. The molecule has 3 atom stereocenters. The van der Waals surface area contributed by atoms with Crippen molar-refractivity contribution in [2.75, 3.05) is 45.9 Å². The Bertz CT molecular complexity index is 549. The average molecular weight is 381 g/mol. The molecule has 2 amide bonds. The van der Waals surface area contributed by atoms with Crippen molar-refractivity contribution in [3.63, 3.8) is 0 Å². The maximum absolute atomic E-state index is 12.8.